The Balaban J connectivity index is 1.46. The molecule has 2 aromatic rings. The van der Waals surface area contributed by atoms with Crippen LogP contribution >= 0.6 is 0 Å². The van der Waals surface area contributed by atoms with Crippen molar-refractivity contribution in [1.29, 1.82) is 0 Å². The molecule has 2 aromatic heterocycles. The van der Waals surface area contributed by atoms with Crippen LogP contribution in [0.4, 0.5) is 0 Å². The summed E-state index contributed by atoms with van der Waals surface area (Å²) < 4.78 is 1.78. The van der Waals surface area contributed by atoms with Gasteiger partial charge in [0.1, 0.15) is 11.3 Å². The van der Waals surface area contributed by atoms with Gasteiger partial charge >= 0.3 is 0 Å². The first-order valence-corrected chi connectivity index (χ1v) is 12.0. The lowest BCUT2D eigenvalue weighted by molar-refractivity contribution is -0.129. The number of aliphatic hydroxyl groups is 1. The Labute approximate surface area is 190 Å². The van der Waals surface area contributed by atoms with E-state index in [0.29, 0.717) is 23.6 Å². The first kappa shape index (κ1) is 22.8. The van der Waals surface area contributed by atoms with E-state index in [1.165, 1.54) is 49.8 Å². The highest BCUT2D eigenvalue weighted by Gasteiger charge is 2.42. The SMILES string of the molecule is CCC1CC2CCCC(CNC(=O)c3cccc4nc(CC(=O)N(C)CCO)cn34)(C1)C2. The largest absolute Gasteiger partial charge is 0.395 e. The van der Waals surface area contributed by atoms with E-state index in [2.05, 4.69) is 17.2 Å². The summed E-state index contributed by atoms with van der Waals surface area (Å²) >= 11 is 0. The number of hydrogen-bond acceptors (Lipinski definition) is 4. The number of carbonyl (C=O) groups is 2. The summed E-state index contributed by atoms with van der Waals surface area (Å²) in [5.74, 6) is 1.41. The Kier molecular flexibility index (Phi) is 6.84. The molecule has 2 bridgehead atoms. The fourth-order valence-corrected chi connectivity index (χ4v) is 5.93. The van der Waals surface area contributed by atoms with Crippen molar-refractivity contribution in [2.24, 2.45) is 17.3 Å². The van der Waals surface area contributed by atoms with Crippen LogP contribution in [0.3, 0.4) is 0 Å². The Morgan fingerprint density at radius 3 is 2.97 bits per heavy atom. The highest BCUT2D eigenvalue weighted by Crippen LogP contribution is 2.51. The van der Waals surface area contributed by atoms with Gasteiger partial charge in [-0.25, -0.2) is 4.98 Å². The van der Waals surface area contributed by atoms with Crippen LogP contribution in [0, 0.1) is 17.3 Å². The number of aliphatic hydroxyl groups excluding tert-OH is 1. The molecule has 0 spiro atoms. The quantitative estimate of drug-likeness (QED) is 0.661. The minimum absolute atomic E-state index is 0.0705. The van der Waals surface area contributed by atoms with Gasteiger partial charge in [0.15, 0.2) is 0 Å². The van der Waals surface area contributed by atoms with Crippen LogP contribution in [0.5, 0.6) is 0 Å². The summed E-state index contributed by atoms with van der Waals surface area (Å²) in [6, 6.07) is 5.49. The number of fused-ring (bicyclic) bond motifs is 3. The summed E-state index contributed by atoms with van der Waals surface area (Å²) in [4.78, 5) is 31.5. The first-order valence-electron chi connectivity index (χ1n) is 12.0. The van der Waals surface area contributed by atoms with Crippen molar-refractivity contribution in [3.63, 3.8) is 0 Å². The van der Waals surface area contributed by atoms with Crippen molar-refractivity contribution in [3.8, 4) is 0 Å². The van der Waals surface area contributed by atoms with E-state index in [0.717, 1.165) is 18.4 Å². The monoisotopic (exact) mass is 440 g/mol. The molecular formula is C25H36N4O3. The van der Waals surface area contributed by atoms with Gasteiger partial charge in [-0.3, -0.25) is 14.0 Å². The zero-order valence-corrected chi connectivity index (χ0v) is 19.3. The fourth-order valence-electron chi connectivity index (χ4n) is 5.93. The predicted octanol–water partition coefficient (Wildman–Crippen LogP) is 3.05. The van der Waals surface area contributed by atoms with Crippen LogP contribution in [0.1, 0.15) is 68.1 Å². The first-order chi connectivity index (χ1) is 15.4. The zero-order chi connectivity index (χ0) is 22.7. The molecule has 0 aliphatic heterocycles. The lowest BCUT2D eigenvalue weighted by Crippen LogP contribution is -2.45. The standard InChI is InChI=1S/C25H36N4O3/c1-3-18-12-19-6-5-9-25(14-18,15-19)17-26-24(32)21-7-4-8-22-27-20(16-29(21)22)13-23(31)28(2)10-11-30/h4,7-8,16,18-19,30H,3,5-6,9-15,17H2,1-2H3,(H,26,32). The molecule has 2 saturated carbocycles. The van der Waals surface area contributed by atoms with Crippen molar-refractivity contribution in [2.75, 3.05) is 26.7 Å². The number of carbonyl (C=O) groups excluding carboxylic acids is 2. The molecule has 2 heterocycles. The highest BCUT2D eigenvalue weighted by molar-refractivity contribution is 5.93. The number of nitrogens with zero attached hydrogens (tertiary/aromatic N) is 3. The van der Waals surface area contributed by atoms with E-state index in [4.69, 9.17) is 5.11 Å². The highest BCUT2D eigenvalue weighted by atomic mass is 16.3. The molecule has 2 N–H and O–H groups in total. The molecule has 7 nitrogen and oxygen atoms in total. The molecular weight excluding hydrogens is 404 g/mol. The summed E-state index contributed by atoms with van der Waals surface area (Å²) in [5.41, 5.74) is 2.07. The average molecular weight is 441 g/mol. The van der Waals surface area contributed by atoms with Crippen LogP contribution in [-0.4, -0.2) is 57.9 Å². The second-order valence-corrected chi connectivity index (χ2v) is 9.95. The van der Waals surface area contributed by atoms with E-state index in [1.807, 2.05) is 18.2 Å². The third-order valence-corrected chi connectivity index (χ3v) is 7.60. The molecule has 3 atom stereocenters. The molecule has 7 heteroatoms. The maximum atomic E-state index is 13.2. The van der Waals surface area contributed by atoms with Gasteiger partial charge in [0.25, 0.3) is 5.91 Å². The normalized spacial score (nSPS) is 25.0. The van der Waals surface area contributed by atoms with Gasteiger partial charge in [-0.05, 0) is 55.1 Å². The van der Waals surface area contributed by atoms with E-state index in [9.17, 15) is 9.59 Å². The molecule has 32 heavy (non-hydrogen) atoms. The second-order valence-electron chi connectivity index (χ2n) is 9.95. The van der Waals surface area contributed by atoms with Gasteiger partial charge < -0.3 is 15.3 Å². The molecule has 2 aliphatic carbocycles. The van der Waals surface area contributed by atoms with Crippen LogP contribution in [0.2, 0.25) is 0 Å². The molecule has 0 aromatic carbocycles. The van der Waals surface area contributed by atoms with E-state index < -0.39 is 0 Å². The fraction of sp³-hybridized carbons (Fsp3) is 0.640. The summed E-state index contributed by atoms with van der Waals surface area (Å²) in [6.45, 7) is 3.25. The summed E-state index contributed by atoms with van der Waals surface area (Å²) in [7, 11) is 1.66. The van der Waals surface area contributed by atoms with Crippen molar-refractivity contribution in [2.45, 2.75) is 58.3 Å². The van der Waals surface area contributed by atoms with Crippen LogP contribution in [-0.2, 0) is 11.2 Å². The van der Waals surface area contributed by atoms with Gasteiger partial charge in [-0.1, -0.05) is 32.3 Å². The van der Waals surface area contributed by atoms with Crippen LogP contribution in [0.25, 0.3) is 5.65 Å². The lowest BCUT2D eigenvalue weighted by atomic mass is 9.58. The zero-order valence-electron chi connectivity index (χ0n) is 19.3. The second kappa shape index (κ2) is 9.61. The molecule has 4 rings (SSSR count). The molecule has 0 radical (unpaired) electrons. The maximum Gasteiger partial charge on any atom is 0.268 e. The number of amides is 2. The van der Waals surface area contributed by atoms with Gasteiger partial charge in [-0.15, -0.1) is 0 Å². The van der Waals surface area contributed by atoms with Gasteiger partial charge in [0.2, 0.25) is 5.91 Å². The van der Waals surface area contributed by atoms with Crippen LogP contribution in [0.15, 0.2) is 24.4 Å². The number of likely N-dealkylation sites (N-methyl/N-ethyl adjacent to an activating group) is 1. The number of nitrogens with one attached hydrogen (secondary N) is 1. The Hall–Kier alpha value is -2.41. The number of hydrogen-bond donors (Lipinski definition) is 2. The Morgan fingerprint density at radius 1 is 1.34 bits per heavy atom. The average Bonchev–Trinajstić information content (AvgIpc) is 3.19. The van der Waals surface area contributed by atoms with Gasteiger partial charge in [0, 0.05) is 26.3 Å². The molecule has 0 saturated heterocycles. The Bertz CT molecular complexity index is 971. The minimum atomic E-state index is -0.109. The van der Waals surface area contributed by atoms with E-state index >= 15 is 0 Å². The van der Waals surface area contributed by atoms with E-state index in [-0.39, 0.29) is 30.3 Å². The van der Waals surface area contributed by atoms with Crippen molar-refractivity contribution < 1.29 is 14.7 Å². The number of pyridine rings is 1. The summed E-state index contributed by atoms with van der Waals surface area (Å²) in [5, 5.41) is 12.3. The van der Waals surface area contributed by atoms with E-state index in [1.54, 1.807) is 17.6 Å². The van der Waals surface area contributed by atoms with Gasteiger partial charge in [0.05, 0.1) is 18.7 Å². The molecule has 2 fully saturated rings. The van der Waals surface area contributed by atoms with Crippen molar-refractivity contribution >= 4 is 17.5 Å². The predicted molar refractivity (Wildman–Crippen MR) is 123 cm³/mol. The Morgan fingerprint density at radius 2 is 2.19 bits per heavy atom. The van der Waals surface area contributed by atoms with Gasteiger partial charge in [-0.2, -0.15) is 0 Å². The minimum Gasteiger partial charge on any atom is -0.395 e. The smallest absolute Gasteiger partial charge is 0.268 e. The number of imidazole rings is 1. The number of rotatable bonds is 8. The maximum absolute atomic E-state index is 13.2. The number of aromatic nitrogens is 2. The lowest BCUT2D eigenvalue weighted by Gasteiger charge is -2.48. The topological polar surface area (TPSA) is 86.9 Å². The van der Waals surface area contributed by atoms with Crippen molar-refractivity contribution in [3.05, 3.63) is 35.8 Å². The molecule has 2 aliphatic rings. The molecule has 2 amide bonds. The molecule has 3 unspecified atom stereocenters. The third-order valence-electron chi connectivity index (χ3n) is 7.60. The van der Waals surface area contributed by atoms with Crippen molar-refractivity contribution in [1.82, 2.24) is 19.6 Å². The third kappa shape index (κ3) is 4.82. The van der Waals surface area contributed by atoms with Crippen LogP contribution < -0.4 is 5.32 Å². The summed E-state index contributed by atoms with van der Waals surface area (Å²) in [6.07, 6.45) is 10.8. The molecule has 174 valence electrons.